The van der Waals surface area contributed by atoms with Crippen LogP contribution in [0.2, 0.25) is 0 Å². The molecule has 5 nitrogen and oxygen atoms in total. The van der Waals surface area contributed by atoms with E-state index in [0.29, 0.717) is 18.7 Å². The van der Waals surface area contributed by atoms with Crippen molar-refractivity contribution < 1.29 is 13.6 Å². The van der Waals surface area contributed by atoms with Gasteiger partial charge in [0.15, 0.2) is 0 Å². The van der Waals surface area contributed by atoms with Gasteiger partial charge in [-0.15, -0.1) is 0 Å². The number of carbonyl (C=O) groups is 1. The average Bonchev–Trinajstić information content (AvgIpc) is 3.19. The average molecular weight is 299 g/mol. The Kier molecular flexibility index (Phi) is 4.00. The molecule has 2 aromatic heterocycles. The highest BCUT2D eigenvalue weighted by Crippen LogP contribution is 2.10. The predicted octanol–water partition coefficient (Wildman–Crippen LogP) is 2.58. The van der Waals surface area contributed by atoms with E-state index in [-0.39, 0.29) is 11.7 Å². The molecule has 1 amide bonds. The van der Waals surface area contributed by atoms with Gasteiger partial charge >= 0.3 is 0 Å². The first-order valence-corrected chi connectivity index (χ1v) is 6.83. The lowest BCUT2D eigenvalue weighted by Gasteiger charge is -2.02. The van der Waals surface area contributed by atoms with Crippen LogP contribution in [0.5, 0.6) is 0 Å². The second-order valence-corrected chi connectivity index (χ2v) is 4.73. The van der Waals surface area contributed by atoms with Crippen LogP contribution in [-0.4, -0.2) is 22.0 Å². The molecule has 0 aliphatic heterocycles. The number of hydrogen-bond donors (Lipinski definition) is 1. The number of halogens is 1. The standard InChI is InChI=1S/C16H14FN3O2/c17-12-3-5-13(6-4-12)20-10-15(19-11-20)16(21)18-8-7-14-2-1-9-22-14/h1-6,9-11H,7-8H2,(H,18,21). The Morgan fingerprint density at radius 2 is 2.09 bits per heavy atom. The molecule has 1 aromatic carbocycles. The molecule has 22 heavy (non-hydrogen) atoms. The van der Waals surface area contributed by atoms with E-state index in [1.165, 1.54) is 18.5 Å². The minimum atomic E-state index is -0.306. The smallest absolute Gasteiger partial charge is 0.271 e. The first-order chi connectivity index (χ1) is 10.7. The van der Waals surface area contributed by atoms with Crippen LogP contribution in [0.4, 0.5) is 4.39 Å². The summed E-state index contributed by atoms with van der Waals surface area (Å²) in [4.78, 5) is 16.1. The van der Waals surface area contributed by atoms with E-state index in [4.69, 9.17) is 4.42 Å². The molecular weight excluding hydrogens is 285 g/mol. The van der Waals surface area contributed by atoms with Crippen LogP contribution in [0.25, 0.3) is 5.69 Å². The van der Waals surface area contributed by atoms with Gasteiger partial charge in [-0.05, 0) is 36.4 Å². The number of amides is 1. The lowest BCUT2D eigenvalue weighted by atomic mass is 10.3. The highest BCUT2D eigenvalue weighted by molar-refractivity contribution is 5.92. The van der Waals surface area contributed by atoms with E-state index in [2.05, 4.69) is 10.3 Å². The summed E-state index contributed by atoms with van der Waals surface area (Å²) >= 11 is 0. The molecule has 0 fully saturated rings. The fraction of sp³-hybridized carbons (Fsp3) is 0.125. The zero-order chi connectivity index (χ0) is 15.4. The summed E-state index contributed by atoms with van der Waals surface area (Å²) < 4.78 is 19.8. The van der Waals surface area contributed by atoms with E-state index in [9.17, 15) is 9.18 Å². The summed E-state index contributed by atoms with van der Waals surface area (Å²) in [6.45, 7) is 0.468. The van der Waals surface area contributed by atoms with Gasteiger partial charge in [-0.2, -0.15) is 0 Å². The maximum absolute atomic E-state index is 12.9. The molecule has 3 aromatic rings. The molecule has 2 heterocycles. The lowest BCUT2D eigenvalue weighted by molar-refractivity contribution is 0.0949. The van der Waals surface area contributed by atoms with Gasteiger partial charge in [0.2, 0.25) is 0 Å². The van der Waals surface area contributed by atoms with E-state index < -0.39 is 0 Å². The van der Waals surface area contributed by atoms with Crippen molar-refractivity contribution in [3.05, 3.63) is 72.5 Å². The quantitative estimate of drug-likeness (QED) is 0.787. The molecule has 0 saturated carbocycles. The van der Waals surface area contributed by atoms with Crippen LogP contribution in [0.1, 0.15) is 16.2 Å². The van der Waals surface area contributed by atoms with Crippen molar-refractivity contribution in [3.63, 3.8) is 0 Å². The predicted molar refractivity (Wildman–Crippen MR) is 78.3 cm³/mol. The third-order valence-corrected chi connectivity index (χ3v) is 3.18. The largest absolute Gasteiger partial charge is 0.469 e. The van der Waals surface area contributed by atoms with Gasteiger partial charge in [0.05, 0.1) is 6.26 Å². The summed E-state index contributed by atoms with van der Waals surface area (Å²) in [7, 11) is 0. The number of benzene rings is 1. The van der Waals surface area contributed by atoms with Crippen LogP contribution < -0.4 is 5.32 Å². The first-order valence-electron chi connectivity index (χ1n) is 6.83. The Balaban J connectivity index is 1.60. The van der Waals surface area contributed by atoms with Crippen molar-refractivity contribution >= 4 is 5.91 Å². The molecule has 0 aliphatic rings. The SMILES string of the molecule is O=C(NCCc1ccco1)c1cn(-c2ccc(F)cc2)cn1. The van der Waals surface area contributed by atoms with Crippen LogP contribution in [0.15, 0.2) is 59.6 Å². The van der Waals surface area contributed by atoms with E-state index in [1.807, 2.05) is 12.1 Å². The van der Waals surface area contributed by atoms with Crippen molar-refractivity contribution in [3.8, 4) is 5.69 Å². The molecule has 0 bridgehead atoms. The summed E-state index contributed by atoms with van der Waals surface area (Å²) in [5.74, 6) is 0.254. The van der Waals surface area contributed by atoms with Gasteiger partial charge in [0.1, 0.15) is 23.6 Å². The van der Waals surface area contributed by atoms with Crippen molar-refractivity contribution in [2.45, 2.75) is 6.42 Å². The third-order valence-electron chi connectivity index (χ3n) is 3.18. The molecule has 3 rings (SSSR count). The molecular formula is C16H14FN3O2. The van der Waals surface area contributed by atoms with Gasteiger partial charge in [-0.1, -0.05) is 0 Å². The monoisotopic (exact) mass is 299 g/mol. The molecule has 0 aliphatic carbocycles. The Morgan fingerprint density at radius 3 is 2.82 bits per heavy atom. The van der Waals surface area contributed by atoms with Crippen LogP contribution in [-0.2, 0) is 6.42 Å². The number of carbonyl (C=O) groups excluding carboxylic acids is 1. The summed E-state index contributed by atoms with van der Waals surface area (Å²) in [6.07, 6.45) is 5.35. The topological polar surface area (TPSA) is 60.1 Å². The number of nitrogens with zero attached hydrogens (tertiary/aromatic N) is 2. The number of rotatable bonds is 5. The fourth-order valence-electron chi connectivity index (χ4n) is 2.04. The highest BCUT2D eigenvalue weighted by Gasteiger charge is 2.09. The Bertz CT molecular complexity index is 748. The van der Waals surface area contributed by atoms with Crippen LogP contribution in [0.3, 0.4) is 0 Å². The molecule has 1 N–H and O–H groups in total. The number of furan rings is 1. The van der Waals surface area contributed by atoms with Gasteiger partial charge in [0, 0.05) is 24.8 Å². The molecule has 112 valence electrons. The van der Waals surface area contributed by atoms with Crippen molar-refractivity contribution in [1.29, 1.82) is 0 Å². The molecule has 0 unspecified atom stereocenters. The Hall–Kier alpha value is -2.89. The summed E-state index contributed by atoms with van der Waals surface area (Å²) in [5.41, 5.74) is 1.05. The zero-order valence-corrected chi connectivity index (χ0v) is 11.7. The summed E-state index contributed by atoms with van der Waals surface area (Å²) in [5, 5.41) is 2.78. The lowest BCUT2D eigenvalue weighted by Crippen LogP contribution is -2.25. The molecule has 0 saturated heterocycles. The van der Waals surface area contributed by atoms with Gasteiger partial charge < -0.3 is 14.3 Å². The second-order valence-electron chi connectivity index (χ2n) is 4.73. The van der Waals surface area contributed by atoms with Crippen molar-refractivity contribution in [2.24, 2.45) is 0 Å². The number of nitrogens with one attached hydrogen (secondary N) is 1. The molecule has 6 heteroatoms. The summed E-state index contributed by atoms with van der Waals surface area (Å²) in [6, 6.07) is 9.62. The van der Waals surface area contributed by atoms with Crippen LogP contribution >= 0.6 is 0 Å². The highest BCUT2D eigenvalue weighted by atomic mass is 19.1. The maximum Gasteiger partial charge on any atom is 0.271 e. The number of imidazole rings is 1. The molecule has 0 radical (unpaired) electrons. The molecule has 0 atom stereocenters. The Labute approximate surface area is 126 Å². The van der Waals surface area contributed by atoms with Crippen molar-refractivity contribution in [1.82, 2.24) is 14.9 Å². The molecule has 0 spiro atoms. The van der Waals surface area contributed by atoms with Gasteiger partial charge in [0.25, 0.3) is 5.91 Å². The first kappa shape index (κ1) is 14.1. The Morgan fingerprint density at radius 1 is 1.27 bits per heavy atom. The van der Waals surface area contributed by atoms with Crippen molar-refractivity contribution in [2.75, 3.05) is 6.54 Å². The number of hydrogen-bond acceptors (Lipinski definition) is 3. The van der Waals surface area contributed by atoms with Crippen LogP contribution in [0, 0.1) is 5.82 Å². The second kappa shape index (κ2) is 6.26. The van der Waals surface area contributed by atoms with Gasteiger partial charge in [-0.25, -0.2) is 9.37 Å². The minimum Gasteiger partial charge on any atom is -0.469 e. The van der Waals surface area contributed by atoms with Gasteiger partial charge in [-0.3, -0.25) is 4.79 Å². The zero-order valence-electron chi connectivity index (χ0n) is 11.7. The maximum atomic E-state index is 12.9. The van der Waals surface area contributed by atoms with E-state index >= 15 is 0 Å². The third kappa shape index (κ3) is 3.22. The fourth-order valence-corrected chi connectivity index (χ4v) is 2.04. The minimum absolute atomic E-state index is 0.257. The number of aromatic nitrogens is 2. The normalized spacial score (nSPS) is 10.6. The van der Waals surface area contributed by atoms with E-state index in [1.54, 1.807) is 29.2 Å². The van der Waals surface area contributed by atoms with E-state index in [0.717, 1.165) is 11.4 Å².